The van der Waals surface area contributed by atoms with Crippen LogP contribution in [0.3, 0.4) is 0 Å². The zero-order valence-corrected chi connectivity index (χ0v) is 13.4. The molecule has 2 aliphatic rings. The highest BCUT2D eigenvalue weighted by molar-refractivity contribution is 6.30. The molecule has 1 aliphatic carbocycles. The van der Waals surface area contributed by atoms with Gasteiger partial charge in [0.05, 0.1) is 5.60 Å². The number of anilines is 1. The van der Waals surface area contributed by atoms with Gasteiger partial charge in [-0.1, -0.05) is 11.6 Å². The maximum atomic E-state index is 10.7. The highest BCUT2D eigenvalue weighted by Gasteiger charge is 2.33. The summed E-state index contributed by atoms with van der Waals surface area (Å²) in [6.07, 6.45) is 3.60. The maximum Gasteiger partial charge on any atom is 0.137 e. The molecule has 1 aromatic heterocycles. The van der Waals surface area contributed by atoms with Crippen molar-refractivity contribution in [2.24, 2.45) is 0 Å². The van der Waals surface area contributed by atoms with E-state index in [1.54, 1.807) is 0 Å². The van der Waals surface area contributed by atoms with Crippen LogP contribution in [0, 0.1) is 6.92 Å². The largest absolute Gasteiger partial charge is 0.388 e. The molecule has 21 heavy (non-hydrogen) atoms. The molecule has 0 aromatic carbocycles. The average Bonchev–Trinajstić information content (AvgIpc) is 3.26. The van der Waals surface area contributed by atoms with Crippen molar-refractivity contribution >= 4 is 17.4 Å². The van der Waals surface area contributed by atoms with Crippen molar-refractivity contribution in [3.63, 3.8) is 0 Å². The molecule has 1 saturated heterocycles. The van der Waals surface area contributed by atoms with E-state index in [9.17, 15) is 5.11 Å². The lowest BCUT2D eigenvalue weighted by atomic mass is 9.94. The molecule has 2 heterocycles. The highest BCUT2D eigenvalue weighted by Crippen LogP contribution is 2.40. The van der Waals surface area contributed by atoms with Crippen molar-refractivity contribution in [2.75, 3.05) is 31.7 Å². The summed E-state index contributed by atoms with van der Waals surface area (Å²) in [6.45, 7) is 3.69. The second kappa shape index (κ2) is 5.71. The van der Waals surface area contributed by atoms with Crippen LogP contribution in [-0.2, 0) is 4.74 Å². The number of halogens is 1. The Hall–Kier alpha value is -0.910. The van der Waals surface area contributed by atoms with Gasteiger partial charge in [-0.25, -0.2) is 9.97 Å². The molecular formula is C15H22ClN3O2. The van der Waals surface area contributed by atoms with Gasteiger partial charge in [-0.2, -0.15) is 0 Å². The molecule has 2 fully saturated rings. The van der Waals surface area contributed by atoms with E-state index >= 15 is 0 Å². The van der Waals surface area contributed by atoms with Gasteiger partial charge in [-0.3, -0.25) is 0 Å². The Bertz CT molecular complexity index is 528. The Morgan fingerprint density at radius 1 is 1.33 bits per heavy atom. The molecule has 1 saturated carbocycles. The number of likely N-dealkylation sites (N-methyl/N-ethyl adjacent to an activating group) is 1. The third-order valence-corrected chi connectivity index (χ3v) is 4.71. The monoisotopic (exact) mass is 311 g/mol. The third kappa shape index (κ3) is 3.30. The fourth-order valence-corrected chi connectivity index (χ4v) is 2.99. The van der Waals surface area contributed by atoms with Gasteiger partial charge >= 0.3 is 0 Å². The number of aliphatic hydroxyl groups is 1. The summed E-state index contributed by atoms with van der Waals surface area (Å²) in [6, 6.07) is 0. The van der Waals surface area contributed by atoms with Crippen LogP contribution in [0.4, 0.5) is 5.82 Å². The smallest absolute Gasteiger partial charge is 0.137 e. The Morgan fingerprint density at radius 3 is 2.62 bits per heavy atom. The van der Waals surface area contributed by atoms with Gasteiger partial charge < -0.3 is 14.7 Å². The summed E-state index contributed by atoms with van der Waals surface area (Å²) < 4.78 is 5.33. The Kier molecular flexibility index (Phi) is 4.08. The topological polar surface area (TPSA) is 58.5 Å². The van der Waals surface area contributed by atoms with Crippen LogP contribution in [0.5, 0.6) is 0 Å². The zero-order chi connectivity index (χ0) is 15.0. The molecule has 0 bridgehead atoms. The van der Waals surface area contributed by atoms with Crippen molar-refractivity contribution in [3.8, 4) is 0 Å². The van der Waals surface area contributed by atoms with Gasteiger partial charge in [-0.05, 0) is 19.8 Å². The summed E-state index contributed by atoms with van der Waals surface area (Å²) in [5.41, 5.74) is 0.163. The van der Waals surface area contributed by atoms with Gasteiger partial charge in [0, 0.05) is 51.1 Å². The van der Waals surface area contributed by atoms with E-state index in [1.807, 2.05) is 18.9 Å². The molecule has 0 amide bonds. The van der Waals surface area contributed by atoms with Gasteiger partial charge in [0.25, 0.3) is 0 Å². The van der Waals surface area contributed by atoms with Crippen LogP contribution >= 0.6 is 11.6 Å². The molecule has 1 N–H and O–H groups in total. The van der Waals surface area contributed by atoms with E-state index in [4.69, 9.17) is 16.3 Å². The third-order valence-electron chi connectivity index (χ3n) is 4.34. The number of rotatable bonds is 4. The van der Waals surface area contributed by atoms with Crippen LogP contribution in [0.15, 0.2) is 0 Å². The summed E-state index contributed by atoms with van der Waals surface area (Å²) in [5.74, 6) is 2.13. The average molecular weight is 312 g/mol. The first-order chi connectivity index (χ1) is 9.98. The lowest BCUT2D eigenvalue weighted by molar-refractivity contribution is -0.0573. The number of hydrogen-bond acceptors (Lipinski definition) is 5. The SMILES string of the molecule is Cc1c(Cl)nc(C2CC2)nc1N(C)CC1(O)CCOCC1. The fourth-order valence-electron chi connectivity index (χ4n) is 2.82. The van der Waals surface area contributed by atoms with E-state index < -0.39 is 5.60 Å². The van der Waals surface area contributed by atoms with Crippen LogP contribution < -0.4 is 4.90 Å². The summed E-state index contributed by atoms with van der Waals surface area (Å²) in [4.78, 5) is 11.1. The molecule has 0 atom stereocenters. The molecule has 116 valence electrons. The summed E-state index contributed by atoms with van der Waals surface area (Å²) in [7, 11) is 1.95. The van der Waals surface area contributed by atoms with Crippen molar-refractivity contribution in [1.29, 1.82) is 0 Å². The molecule has 0 radical (unpaired) electrons. The van der Waals surface area contributed by atoms with Crippen LogP contribution in [0.25, 0.3) is 0 Å². The second-order valence-corrected chi connectivity index (χ2v) is 6.65. The Labute approximate surface area is 130 Å². The molecule has 1 aromatic rings. The first-order valence-corrected chi connectivity index (χ1v) is 7.92. The number of nitrogens with zero attached hydrogens (tertiary/aromatic N) is 3. The van der Waals surface area contributed by atoms with Gasteiger partial charge in [0.15, 0.2) is 0 Å². The molecule has 6 heteroatoms. The number of aromatic nitrogens is 2. The maximum absolute atomic E-state index is 10.7. The van der Waals surface area contributed by atoms with Crippen molar-refractivity contribution < 1.29 is 9.84 Å². The normalized spacial score (nSPS) is 21.3. The highest BCUT2D eigenvalue weighted by atomic mass is 35.5. The molecule has 5 nitrogen and oxygen atoms in total. The van der Waals surface area contributed by atoms with E-state index in [2.05, 4.69) is 9.97 Å². The summed E-state index contributed by atoms with van der Waals surface area (Å²) in [5, 5.41) is 11.2. The lowest BCUT2D eigenvalue weighted by Crippen LogP contribution is -2.46. The minimum absolute atomic E-state index is 0.460. The molecule has 0 spiro atoms. The summed E-state index contributed by atoms with van der Waals surface area (Å²) >= 11 is 6.25. The molecular weight excluding hydrogens is 290 g/mol. The van der Waals surface area contributed by atoms with E-state index in [0.717, 1.165) is 30.0 Å². The molecule has 1 aliphatic heterocycles. The minimum atomic E-state index is -0.712. The van der Waals surface area contributed by atoms with E-state index in [-0.39, 0.29) is 0 Å². The van der Waals surface area contributed by atoms with Crippen molar-refractivity contribution in [3.05, 3.63) is 16.5 Å². The van der Waals surface area contributed by atoms with Crippen LogP contribution in [-0.4, -0.2) is 47.5 Å². The quantitative estimate of drug-likeness (QED) is 0.865. The molecule has 3 rings (SSSR count). The van der Waals surface area contributed by atoms with Gasteiger partial charge in [0.2, 0.25) is 0 Å². The second-order valence-electron chi connectivity index (χ2n) is 6.29. The first-order valence-electron chi connectivity index (χ1n) is 7.54. The number of ether oxygens (including phenoxy) is 1. The van der Waals surface area contributed by atoms with Crippen molar-refractivity contribution in [2.45, 2.75) is 44.1 Å². The van der Waals surface area contributed by atoms with E-state index in [1.165, 1.54) is 0 Å². The Balaban J connectivity index is 1.81. The Morgan fingerprint density at radius 2 is 2.00 bits per heavy atom. The predicted molar refractivity (Wildman–Crippen MR) is 82.0 cm³/mol. The zero-order valence-electron chi connectivity index (χ0n) is 12.6. The number of hydrogen-bond donors (Lipinski definition) is 1. The van der Waals surface area contributed by atoms with Gasteiger partial charge in [-0.15, -0.1) is 0 Å². The van der Waals surface area contributed by atoms with Crippen LogP contribution in [0.2, 0.25) is 5.15 Å². The van der Waals surface area contributed by atoms with Crippen molar-refractivity contribution in [1.82, 2.24) is 9.97 Å². The fraction of sp³-hybridized carbons (Fsp3) is 0.733. The lowest BCUT2D eigenvalue weighted by Gasteiger charge is -2.36. The predicted octanol–water partition coefficient (Wildman–Crippen LogP) is 2.29. The molecule has 0 unspecified atom stereocenters. The standard InChI is InChI=1S/C15H22ClN3O2/c1-10-12(16)17-13(11-3-4-11)18-14(10)19(2)9-15(20)5-7-21-8-6-15/h11,20H,3-9H2,1-2H3. The van der Waals surface area contributed by atoms with E-state index in [0.29, 0.717) is 43.7 Å². The minimum Gasteiger partial charge on any atom is -0.388 e. The first kappa shape index (κ1) is 15.0. The van der Waals surface area contributed by atoms with Gasteiger partial charge in [0.1, 0.15) is 16.8 Å². The van der Waals surface area contributed by atoms with Crippen LogP contribution in [0.1, 0.15) is 43.0 Å².